The molecule has 0 saturated carbocycles. The molecule has 0 unspecified atom stereocenters. The number of dihydropyridines is 2. The van der Waals surface area contributed by atoms with E-state index in [1.807, 2.05) is 23.7 Å². The average molecular weight is 602 g/mol. The molecule has 1 aromatic heterocycles. The molecule has 0 atom stereocenters. The predicted molar refractivity (Wildman–Crippen MR) is 196 cm³/mol. The third-order valence-electron chi connectivity index (χ3n) is 8.38. The maximum Gasteiger partial charge on any atom is 0.0448 e. The number of thiophene rings is 1. The van der Waals surface area contributed by atoms with Crippen molar-refractivity contribution in [3.63, 3.8) is 0 Å². The molecule has 0 aliphatic carbocycles. The maximum atomic E-state index is 6.83. The van der Waals surface area contributed by atoms with Crippen LogP contribution in [0.1, 0.15) is 23.6 Å². The lowest BCUT2D eigenvalue weighted by atomic mass is 9.86. The molecule has 0 spiro atoms. The number of hydrogen-bond acceptors (Lipinski definition) is 4. The van der Waals surface area contributed by atoms with Gasteiger partial charge in [0, 0.05) is 33.9 Å². The molecule has 5 aromatic rings. The van der Waals surface area contributed by atoms with Gasteiger partial charge in [-0.3, -0.25) is 0 Å². The SMILES string of the molecule is C/C=C(\C=C(C1=CCNC=C1)c1ccccc1-c1c(N)ccc2cc(-c3ccccc3)sc12)c1ccc(C2=CCNC=C2)cc1. The van der Waals surface area contributed by atoms with Gasteiger partial charge in [0.1, 0.15) is 0 Å². The molecule has 0 radical (unpaired) electrons. The minimum Gasteiger partial charge on any atom is -0.398 e. The van der Waals surface area contributed by atoms with Crippen molar-refractivity contribution in [1.29, 1.82) is 0 Å². The van der Waals surface area contributed by atoms with Gasteiger partial charge in [0.25, 0.3) is 0 Å². The van der Waals surface area contributed by atoms with E-state index in [0.717, 1.165) is 35.5 Å². The third kappa shape index (κ3) is 5.81. The zero-order valence-corrected chi connectivity index (χ0v) is 26.1. The zero-order valence-electron chi connectivity index (χ0n) is 25.3. The minimum atomic E-state index is 0.784. The topological polar surface area (TPSA) is 50.1 Å². The number of nitrogen functional groups attached to an aromatic ring is 1. The van der Waals surface area contributed by atoms with E-state index in [1.54, 1.807) is 0 Å². The first kappa shape index (κ1) is 28.5. The molecule has 4 N–H and O–H groups in total. The third-order valence-corrected chi connectivity index (χ3v) is 9.60. The van der Waals surface area contributed by atoms with Crippen LogP contribution in [-0.2, 0) is 0 Å². The Balaban J connectivity index is 1.36. The molecule has 220 valence electrons. The molecule has 0 saturated heterocycles. The number of benzene rings is 4. The highest BCUT2D eigenvalue weighted by Crippen LogP contribution is 2.45. The summed E-state index contributed by atoms with van der Waals surface area (Å²) < 4.78 is 1.21. The Morgan fingerprint density at radius 3 is 2.27 bits per heavy atom. The Morgan fingerprint density at radius 2 is 1.53 bits per heavy atom. The van der Waals surface area contributed by atoms with Gasteiger partial charge in [0.2, 0.25) is 0 Å². The van der Waals surface area contributed by atoms with Gasteiger partial charge in [-0.25, -0.2) is 0 Å². The quantitative estimate of drug-likeness (QED) is 0.129. The van der Waals surface area contributed by atoms with E-state index >= 15 is 0 Å². The van der Waals surface area contributed by atoms with Crippen LogP contribution in [0, 0.1) is 0 Å². The van der Waals surface area contributed by atoms with E-state index in [1.165, 1.54) is 53.9 Å². The van der Waals surface area contributed by atoms with Crippen LogP contribution in [0.25, 0.3) is 48.4 Å². The second-order valence-electron chi connectivity index (χ2n) is 11.2. The molecule has 4 aromatic carbocycles. The van der Waals surface area contributed by atoms with Gasteiger partial charge >= 0.3 is 0 Å². The fraction of sp³-hybridized carbons (Fsp3) is 0.0732. The van der Waals surface area contributed by atoms with E-state index in [2.05, 4.69) is 151 Å². The lowest BCUT2D eigenvalue weighted by Crippen LogP contribution is -2.09. The van der Waals surface area contributed by atoms with Gasteiger partial charge in [0.05, 0.1) is 0 Å². The second kappa shape index (κ2) is 12.7. The first-order valence-corrected chi connectivity index (χ1v) is 16.2. The maximum absolute atomic E-state index is 6.83. The molecule has 2 aliphatic heterocycles. The number of nitrogens with two attached hydrogens (primary N) is 1. The zero-order chi connectivity index (χ0) is 30.6. The summed E-state index contributed by atoms with van der Waals surface area (Å²) in [5, 5.41) is 7.76. The summed E-state index contributed by atoms with van der Waals surface area (Å²) in [6, 6.07) is 34.6. The molecule has 3 nitrogen and oxygen atoms in total. The van der Waals surface area contributed by atoms with E-state index in [9.17, 15) is 0 Å². The number of hydrogen-bond donors (Lipinski definition) is 3. The van der Waals surface area contributed by atoms with Crippen molar-refractivity contribution in [1.82, 2.24) is 10.6 Å². The summed E-state index contributed by atoms with van der Waals surface area (Å²) in [7, 11) is 0. The van der Waals surface area contributed by atoms with Crippen molar-refractivity contribution in [2.75, 3.05) is 18.8 Å². The minimum absolute atomic E-state index is 0.784. The number of allylic oxidation sites excluding steroid dienone is 8. The highest BCUT2D eigenvalue weighted by molar-refractivity contribution is 7.22. The average Bonchev–Trinajstić information content (AvgIpc) is 3.55. The molecule has 0 bridgehead atoms. The van der Waals surface area contributed by atoms with Crippen LogP contribution in [-0.4, -0.2) is 13.1 Å². The number of anilines is 1. The summed E-state index contributed by atoms with van der Waals surface area (Å²) in [6.07, 6.45) is 17.4. The number of nitrogens with one attached hydrogen (secondary N) is 2. The van der Waals surface area contributed by atoms with Crippen molar-refractivity contribution in [3.8, 4) is 21.6 Å². The van der Waals surface area contributed by atoms with Gasteiger partial charge in [-0.2, -0.15) is 0 Å². The van der Waals surface area contributed by atoms with Gasteiger partial charge in [0.15, 0.2) is 0 Å². The van der Waals surface area contributed by atoms with E-state index < -0.39 is 0 Å². The fourth-order valence-electron chi connectivity index (χ4n) is 6.06. The van der Waals surface area contributed by atoms with Gasteiger partial charge in [-0.15, -0.1) is 11.3 Å². The first-order chi connectivity index (χ1) is 22.2. The van der Waals surface area contributed by atoms with E-state index in [0.29, 0.717) is 0 Å². The van der Waals surface area contributed by atoms with Gasteiger partial charge in [-0.05, 0) is 105 Å². The molecule has 0 fully saturated rings. The van der Waals surface area contributed by atoms with Crippen LogP contribution < -0.4 is 16.4 Å². The van der Waals surface area contributed by atoms with Crippen LogP contribution in [0.15, 0.2) is 151 Å². The molecule has 7 rings (SSSR count). The summed E-state index contributed by atoms with van der Waals surface area (Å²) in [4.78, 5) is 1.24. The summed E-state index contributed by atoms with van der Waals surface area (Å²) in [6.45, 7) is 3.75. The Kier molecular flexibility index (Phi) is 8.05. The summed E-state index contributed by atoms with van der Waals surface area (Å²) >= 11 is 1.81. The Hall–Kier alpha value is -5.32. The monoisotopic (exact) mass is 601 g/mol. The molecule has 2 aliphatic rings. The van der Waals surface area contributed by atoms with Crippen molar-refractivity contribution in [2.24, 2.45) is 0 Å². The number of rotatable bonds is 7. The van der Waals surface area contributed by atoms with E-state index in [4.69, 9.17) is 5.73 Å². The first-order valence-electron chi connectivity index (χ1n) is 15.4. The lowest BCUT2D eigenvalue weighted by Gasteiger charge is -2.19. The van der Waals surface area contributed by atoms with Crippen LogP contribution in [0.2, 0.25) is 0 Å². The lowest BCUT2D eigenvalue weighted by molar-refractivity contribution is 0.965. The smallest absolute Gasteiger partial charge is 0.0448 e. The van der Waals surface area contributed by atoms with Gasteiger partial charge in [-0.1, -0.05) is 103 Å². The van der Waals surface area contributed by atoms with Crippen LogP contribution >= 0.6 is 11.3 Å². The van der Waals surface area contributed by atoms with Crippen LogP contribution in [0.3, 0.4) is 0 Å². The normalized spacial score (nSPS) is 15.0. The standard InChI is InChI=1S/C41H35N3S/c1-2-28(29-12-14-30(15-13-29)31-18-22-43-23-19-31)26-37(32-20-24-44-25-21-32)35-10-6-7-11-36(35)40-38(42)17-16-34-27-39(45-41(34)40)33-8-4-3-5-9-33/h2-22,24,26-27,43-44H,23,25,42H2,1H3/b28-2+,37-26?. The van der Waals surface area contributed by atoms with Crippen LogP contribution in [0.4, 0.5) is 5.69 Å². The summed E-state index contributed by atoms with van der Waals surface area (Å²) in [5.41, 5.74) is 19.4. The Morgan fingerprint density at radius 1 is 0.778 bits per heavy atom. The van der Waals surface area contributed by atoms with Crippen molar-refractivity contribution in [2.45, 2.75) is 6.92 Å². The Labute approximate surface area is 269 Å². The predicted octanol–water partition coefficient (Wildman–Crippen LogP) is 9.85. The number of fused-ring (bicyclic) bond motifs is 1. The van der Waals surface area contributed by atoms with Crippen molar-refractivity contribution < 1.29 is 0 Å². The second-order valence-corrected chi connectivity index (χ2v) is 12.2. The fourth-order valence-corrected chi connectivity index (χ4v) is 7.29. The van der Waals surface area contributed by atoms with Gasteiger partial charge < -0.3 is 16.4 Å². The molecule has 0 amide bonds. The Bertz CT molecular complexity index is 2050. The molecule has 3 heterocycles. The highest BCUT2D eigenvalue weighted by Gasteiger charge is 2.19. The van der Waals surface area contributed by atoms with E-state index in [-0.39, 0.29) is 0 Å². The molecule has 4 heteroatoms. The van der Waals surface area contributed by atoms with Crippen molar-refractivity contribution in [3.05, 3.63) is 168 Å². The summed E-state index contributed by atoms with van der Waals surface area (Å²) in [5.74, 6) is 0. The van der Waals surface area contributed by atoms with Crippen LogP contribution in [0.5, 0.6) is 0 Å². The molecular weight excluding hydrogens is 567 g/mol. The van der Waals surface area contributed by atoms with Crippen molar-refractivity contribution >= 4 is 43.8 Å². The molecule has 45 heavy (non-hydrogen) atoms. The largest absolute Gasteiger partial charge is 0.398 e. The molecular formula is C41H35N3S. The highest BCUT2D eigenvalue weighted by atomic mass is 32.1.